The fraction of sp³-hybridized carbons (Fsp3) is 0.667. The van der Waals surface area contributed by atoms with E-state index in [0.717, 1.165) is 44.5 Å². The Bertz CT molecular complexity index is 477. The van der Waals surface area contributed by atoms with E-state index in [9.17, 15) is 5.11 Å². The fourth-order valence-corrected chi connectivity index (χ4v) is 3.80. The summed E-state index contributed by atoms with van der Waals surface area (Å²) in [6.07, 6.45) is 6.68. The topological polar surface area (TPSA) is 38.7 Å². The van der Waals surface area contributed by atoms with Crippen molar-refractivity contribution in [1.29, 1.82) is 0 Å². The summed E-state index contributed by atoms with van der Waals surface area (Å²) in [6.45, 7) is 3.51. The molecule has 3 heteroatoms. The molecule has 116 valence electrons. The molecule has 0 amide bonds. The van der Waals surface area contributed by atoms with E-state index in [1.807, 2.05) is 6.92 Å². The van der Waals surface area contributed by atoms with E-state index in [2.05, 4.69) is 18.2 Å². The van der Waals surface area contributed by atoms with Gasteiger partial charge in [0.25, 0.3) is 0 Å². The predicted molar refractivity (Wildman–Crippen MR) is 82.8 cm³/mol. The highest BCUT2D eigenvalue weighted by molar-refractivity contribution is 5.39. The van der Waals surface area contributed by atoms with Crippen LogP contribution in [0.3, 0.4) is 0 Å². The van der Waals surface area contributed by atoms with Crippen molar-refractivity contribution in [2.45, 2.75) is 63.6 Å². The number of hydrogen-bond donors (Lipinski definition) is 1. The molecule has 21 heavy (non-hydrogen) atoms. The lowest BCUT2D eigenvalue weighted by atomic mass is 9.89. The lowest BCUT2D eigenvalue weighted by Gasteiger charge is -2.34. The molecule has 1 atom stereocenters. The van der Waals surface area contributed by atoms with Gasteiger partial charge < -0.3 is 14.6 Å². The zero-order valence-corrected chi connectivity index (χ0v) is 12.9. The average molecular weight is 290 g/mol. The first kappa shape index (κ1) is 14.9. The highest BCUT2D eigenvalue weighted by Gasteiger charge is 2.40. The van der Waals surface area contributed by atoms with Gasteiger partial charge in [-0.2, -0.15) is 0 Å². The van der Waals surface area contributed by atoms with Crippen LogP contribution in [0.4, 0.5) is 0 Å². The fourth-order valence-electron chi connectivity index (χ4n) is 3.80. The minimum Gasteiger partial charge on any atom is -0.493 e. The van der Waals surface area contributed by atoms with Crippen LogP contribution in [0.25, 0.3) is 0 Å². The van der Waals surface area contributed by atoms with Gasteiger partial charge in [-0.25, -0.2) is 0 Å². The van der Waals surface area contributed by atoms with Crippen LogP contribution in [0.15, 0.2) is 18.2 Å². The summed E-state index contributed by atoms with van der Waals surface area (Å²) in [5.74, 6) is 1.03. The molecule has 0 bridgehead atoms. The number of aryl methyl sites for hydroxylation is 1. The molecular formula is C18H26O3. The van der Waals surface area contributed by atoms with Crippen LogP contribution in [0.2, 0.25) is 0 Å². The Labute approximate surface area is 127 Å². The van der Waals surface area contributed by atoms with Crippen molar-refractivity contribution < 1.29 is 14.6 Å². The van der Waals surface area contributed by atoms with Gasteiger partial charge in [0.2, 0.25) is 0 Å². The minimum atomic E-state index is -0.357. The molecule has 2 aliphatic rings. The van der Waals surface area contributed by atoms with E-state index < -0.39 is 0 Å². The second-order valence-electron chi connectivity index (χ2n) is 6.30. The monoisotopic (exact) mass is 290 g/mol. The zero-order chi connectivity index (χ0) is 14.7. The third-order valence-corrected chi connectivity index (χ3v) is 4.95. The third-order valence-electron chi connectivity index (χ3n) is 4.95. The van der Waals surface area contributed by atoms with Crippen molar-refractivity contribution in [2.24, 2.45) is 0 Å². The number of benzene rings is 1. The first-order chi connectivity index (χ1) is 10.2. The van der Waals surface area contributed by atoms with Crippen molar-refractivity contribution in [2.75, 3.05) is 13.2 Å². The van der Waals surface area contributed by atoms with Gasteiger partial charge in [0.1, 0.15) is 5.75 Å². The van der Waals surface area contributed by atoms with Gasteiger partial charge in [-0.05, 0) is 49.8 Å². The van der Waals surface area contributed by atoms with E-state index in [1.165, 1.54) is 24.0 Å². The molecule has 1 aliphatic carbocycles. The quantitative estimate of drug-likeness (QED) is 0.874. The Morgan fingerprint density at radius 2 is 2.14 bits per heavy atom. The maximum Gasteiger partial charge on any atom is 0.122 e. The first-order valence-corrected chi connectivity index (χ1v) is 8.30. The predicted octanol–water partition coefficient (Wildman–Crippen LogP) is 3.26. The van der Waals surface area contributed by atoms with Crippen LogP contribution in [0, 0.1) is 0 Å². The van der Waals surface area contributed by atoms with Gasteiger partial charge in [-0.3, -0.25) is 0 Å². The lowest BCUT2D eigenvalue weighted by molar-refractivity contribution is -0.118. The molecule has 1 N–H and O–H groups in total. The third kappa shape index (κ3) is 3.09. The summed E-state index contributed by atoms with van der Waals surface area (Å²) in [5, 5.41) is 10.6. The van der Waals surface area contributed by atoms with Gasteiger partial charge in [-0.15, -0.1) is 0 Å². The number of aliphatic hydroxyl groups is 1. The maximum atomic E-state index is 10.6. The summed E-state index contributed by atoms with van der Waals surface area (Å²) in [7, 11) is 0. The number of ether oxygens (including phenoxy) is 2. The molecule has 1 aromatic rings. The molecule has 3 nitrogen and oxygen atoms in total. The molecule has 1 aromatic carbocycles. The van der Waals surface area contributed by atoms with Gasteiger partial charge in [0.15, 0.2) is 0 Å². The SMILES string of the molecule is CCOC1(C(O)CCc2ccc3c(c2)CCO3)CCCC1. The molecule has 1 saturated carbocycles. The summed E-state index contributed by atoms with van der Waals surface area (Å²) in [5.41, 5.74) is 2.32. The Morgan fingerprint density at radius 3 is 2.90 bits per heavy atom. The standard InChI is InChI=1S/C18H26O3/c1-2-21-18(10-3-4-11-18)17(19)8-6-14-5-7-16-15(13-14)9-12-20-16/h5,7,13,17,19H,2-4,6,8-12H2,1H3. The van der Waals surface area contributed by atoms with Crippen LogP contribution in [0.5, 0.6) is 5.75 Å². The Kier molecular flexibility index (Phi) is 4.51. The van der Waals surface area contributed by atoms with E-state index >= 15 is 0 Å². The second-order valence-corrected chi connectivity index (χ2v) is 6.30. The average Bonchev–Trinajstić information content (AvgIpc) is 3.14. The number of fused-ring (bicyclic) bond motifs is 1. The van der Waals surface area contributed by atoms with E-state index in [0.29, 0.717) is 6.61 Å². The number of aliphatic hydroxyl groups excluding tert-OH is 1. The van der Waals surface area contributed by atoms with Crippen LogP contribution in [0.1, 0.15) is 50.2 Å². The van der Waals surface area contributed by atoms with Crippen molar-refractivity contribution in [3.05, 3.63) is 29.3 Å². The number of hydrogen-bond acceptors (Lipinski definition) is 3. The molecule has 3 rings (SSSR count). The van der Waals surface area contributed by atoms with E-state index in [1.54, 1.807) is 0 Å². The van der Waals surface area contributed by atoms with Crippen LogP contribution in [-0.2, 0) is 17.6 Å². The maximum absolute atomic E-state index is 10.6. The highest BCUT2D eigenvalue weighted by atomic mass is 16.5. The van der Waals surface area contributed by atoms with E-state index in [4.69, 9.17) is 9.47 Å². The van der Waals surface area contributed by atoms with Gasteiger partial charge in [0, 0.05) is 13.0 Å². The normalized spacial score (nSPS) is 21.0. The molecule has 0 aromatic heterocycles. The van der Waals surface area contributed by atoms with Gasteiger partial charge in [-0.1, -0.05) is 25.0 Å². The summed E-state index contributed by atoms with van der Waals surface area (Å²) < 4.78 is 11.5. The smallest absolute Gasteiger partial charge is 0.122 e. The highest BCUT2D eigenvalue weighted by Crippen LogP contribution is 2.38. The second kappa shape index (κ2) is 6.37. The van der Waals surface area contributed by atoms with Gasteiger partial charge in [0.05, 0.1) is 18.3 Å². The Hall–Kier alpha value is -1.06. The van der Waals surface area contributed by atoms with Crippen LogP contribution >= 0.6 is 0 Å². The minimum absolute atomic E-state index is 0.283. The molecule has 1 heterocycles. The van der Waals surface area contributed by atoms with Crippen LogP contribution < -0.4 is 4.74 Å². The molecule has 1 unspecified atom stereocenters. The van der Waals surface area contributed by atoms with E-state index in [-0.39, 0.29) is 11.7 Å². The summed E-state index contributed by atoms with van der Waals surface area (Å²) >= 11 is 0. The summed E-state index contributed by atoms with van der Waals surface area (Å²) in [6, 6.07) is 6.42. The lowest BCUT2D eigenvalue weighted by Crippen LogP contribution is -2.42. The van der Waals surface area contributed by atoms with Crippen molar-refractivity contribution in [3.8, 4) is 5.75 Å². The van der Waals surface area contributed by atoms with Crippen molar-refractivity contribution >= 4 is 0 Å². The summed E-state index contributed by atoms with van der Waals surface area (Å²) in [4.78, 5) is 0. The van der Waals surface area contributed by atoms with Crippen LogP contribution in [-0.4, -0.2) is 30.0 Å². The molecule has 0 saturated heterocycles. The largest absolute Gasteiger partial charge is 0.493 e. The molecule has 1 aliphatic heterocycles. The van der Waals surface area contributed by atoms with Gasteiger partial charge >= 0.3 is 0 Å². The molecular weight excluding hydrogens is 264 g/mol. The molecule has 0 radical (unpaired) electrons. The first-order valence-electron chi connectivity index (χ1n) is 8.30. The molecule has 1 fully saturated rings. The Balaban J connectivity index is 1.61. The van der Waals surface area contributed by atoms with Crippen molar-refractivity contribution in [3.63, 3.8) is 0 Å². The zero-order valence-electron chi connectivity index (χ0n) is 12.9. The molecule has 0 spiro atoms. The Morgan fingerprint density at radius 1 is 1.33 bits per heavy atom. The number of rotatable bonds is 6. The van der Waals surface area contributed by atoms with Crippen molar-refractivity contribution in [1.82, 2.24) is 0 Å².